The van der Waals surface area contributed by atoms with Crippen LogP contribution in [-0.2, 0) is 6.54 Å². The van der Waals surface area contributed by atoms with Gasteiger partial charge >= 0.3 is 0 Å². The van der Waals surface area contributed by atoms with Gasteiger partial charge in [0.25, 0.3) is 0 Å². The summed E-state index contributed by atoms with van der Waals surface area (Å²) in [7, 11) is 0. The molecule has 0 aliphatic rings. The Morgan fingerprint density at radius 2 is 2.00 bits per heavy atom. The van der Waals surface area contributed by atoms with Crippen LogP contribution in [0, 0.1) is 6.92 Å². The average molecular weight is 263 g/mol. The van der Waals surface area contributed by atoms with Crippen LogP contribution >= 0.6 is 0 Å². The molecule has 3 heteroatoms. The van der Waals surface area contributed by atoms with Gasteiger partial charge in [0.05, 0.1) is 5.69 Å². The molecule has 1 atom stereocenters. The van der Waals surface area contributed by atoms with Gasteiger partial charge in [-0.25, -0.2) is 0 Å². The molecule has 0 radical (unpaired) electrons. The largest absolute Gasteiger partial charge is 0.309 e. The molecule has 0 aliphatic heterocycles. The van der Waals surface area contributed by atoms with Crippen LogP contribution in [-0.4, -0.2) is 35.6 Å². The molecule has 1 aromatic heterocycles. The lowest BCUT2D eigenvalue weighted by atomic mass is 10.1. The lowest BCUT2D eigenvalue weighted by Crippen LogP contribution is -2.29. The highest BCUT2D eigenvalue weighted by atomic mass is 15.1. The van der Waals surface area contributed by atoms with Crippen LogP contribution in [0.25, 0.3) is 0 Å². The van der Waals surface area contributed by atoms with Gasteiger partial charge in [-0.05, 0) is 58.0 Å². The van der Waals surface area contributed by atoms with Crippen LogP contribution < -0.4 is 5.32 Å². The van der Waals surface area contributed by atoms with Crippen LogP contribution in [0.5, 0.6) is 0 Å². The Bertz CT molecular complexity index is 330. The molecule has 0 bridgehead atoms. The average Bonchev–Trinajstić information content (AvgIpc) is 2.43. The van der Waals surface area contributed by atoms with Crippen molar-refractivity contribution in [2.75, 3.05) is 19.6 Å². The first kappa shape index (κ1) is 16.1. The highest BCUT2D eigenvalue weighted by molar-refractivity contribution is 5.11. The van der Waals surface area contributed by atoms with E-state index in [0.29, 0.717) is 6.04 Å². The minimum absolute atomic E-state index is 0.554. The fraction of sp³-hybridized carbons (Fsp3) is 0.688. The van der Waals surface area contributed by atoms with Gasteiger partial charge in [-0.1, -0.05) is 19.9 Å². The second-order valence-electron chi connectivity index (χ2n) is 5.28. The first-order chi connectivity index (χ1) is 9.15. The van der Waals surface area contributed by atoms with Crippen molar-refractivity contribution in [1.29, 1.82) is 0 Å². The summed E-state index contributed by atoms with van der Waals surface area (Å²) in [6.45, 7) is 13.2. The summed E-state index contributed by atoms with van der Waals surface area (Å²) in [4.78, 5) is 6.89. The SMILES string of the molecule is CCN(CC)CCCC(C)NCc1ccc(C)cn1. The summed E-state index contributed by atoms with van der Waals surface area (Å²) in [6.07, 6.45) is 4.42. The highest BCUT2D eigenvalue weighted by Gasteiger charge is 2.04. The number of rotatable bonds is 9. The van der Waals surface area contributed by atoms with E-state index < -0.39 is 0 Å². The molecule has 1 N–H and O–H groups in total. The number of hydrogen-bond acceptors (Lipinski definition) is 3. The third-order valence-corrected chi connectivity index (χ3v) is 3.61. The van der Waals surface area contributed by atoms with Crippen LogP contribution in [0.3, 0.4) is 0 Å². The zero-order chi connectivity index (χ0) is 14.1. The number of nitrogens with one attached hydrogen (secondary N) is 1. The number of pyridine rings is 1. The van der Waals surface area contributed by atoms with Crippen molar-refractivity contribution in [2.45, 2.75) is 53.1 Å². The summed E-state index contributed by atoms with van der Waals surface area (Å²) in [5, 5.41) is 3.55. The van der Waals surface area contributed by atoms with E-state index in [1.165, 1.54) is 24.9 Å². The Balaban J connectivity index is 2.17. The minimum atomic E-state index is 0.554. The maximum Gasteiger partial charge on any atom is 0.0541 e. The molecule has 19 heavy (non-hydrogen) atoms. The quantitative estimate of drug-likeness (QED) is 0.742. The maximum absolute atomic E-state index is 4.41. The first-order valence-electron chi connectivity index (χ1n) is 7.53. The fourth-order valence-corrected chi connectivity index (χ4v) is 2.14. The number of aromatic nitrogens is 1. The van der Waals surface area contributed by atoms with E-state index in [9.17, 15) is 0 Å². The van der Waals surface area contributed by atoms with Gasteiger partial charge in [-0.2, -0.15) is 0 Å². The van der Waals surface area contributed by atoms with E-state index in [-0.39, 0.29) is 0 Å². The lowest BCUT2D eigenvalue weighted by Gasteiger charge is -2.19. The zero-order valence-electron chi connectivity index (χ0n) is 12.9. The van der Waals surface area contributed by atoms with Gasteiger partial charge in [0, 0.05) is 18.8 Å². The smallest absolute Gasteiger partial charge is 0.0541 e. The molecule has 0 saturated heterocycles. The van der Waals surface area contributed by atoms with Crippen molar-refractivity contribution < 1.29 is 0 Å². The second kappa shape index (κ2) is 9.05. The standard InChI is InChI=1S/C16H29N3/c1-5-19(6-2)11-7-8-15(4)17-13-16-10-9-14(3)12-18-16/h9-10,12,15,17H,5-8,11,13H2,1-4H3. The fourth-order valence-electron chi connectivity index (χ4n) is 2.14. The molecule has 0 saturated carbocycles. The van der Waals surface area contributed by atoms with E-state index in [2.05, 4.69) is 55.0 Å². The van der Waals surface area contributed by atoms with Crippen LogP contribution in [0.15, 0.2) is 18.3 Å². The third-order valence-electron chi connectivity index (χ3n) is 3.61. The molecule has 0 fully saturated rings. The summed E-state index contributed by atoms with van der Waals surface area (Å²) >= 11 is 0. The Morgan fingerprint density at radius 1 is 1.26 bits per heavy atom. The first-order valence-corrected chi connectivity index (χ1v) is 7.53. The summed E-state index contributed by atoms with van der Waals surface area (Å²) in [6, 6.07) is 4.78. The van der Waals surface area contributed by atoms with Gasteiger partial charge in [0.1, 0.15) is 0 Å². The molecule has 0 spiro atoms. The van der Waals surface area contributed by atoms with Crippen molar-refractivity contribution >= 4 is 0 Å². The Kier molecular flexibility index (Phi) is 7.68. The molecule has 108 valence electrons. The van der Waals surface area contributed by atoms with Crippen molar-refractivity contribution in [3.8, 4) is 0 Å². The van der Waals surface area contributed by atoms with Crippen molar-refractivity contribution in [2.24, 2.45) is 0 Å². The molecule has 1 aromatic rings. The monoisotopic (exact) mass is 263 g/mol. The van der Waals surface area contributed by atoms with Gasteiger partial charge in [0.15, 0.2) is 0 Å². The molecule has 0 aromatic carbocycles. The van der Waals surface area contributed by atoms with Gasteiger partial charge < -0.3 is 10.2 Å². The Morgan fingerprint density at radius 3 is 2.58 bits per heavy atom. The summed E-state index contributed by atoms with van der Waals surface area (Å²) in [5.74, 6) is 0. The second-order valence-corrected chi connectivity index (χ2v) is 5.28. The van der Waals surface area contributed by atoms with Crippen LogP contribution in [0.4, 0.5) is 0 Å². The Labute approximate surface area is 118 Å². The summed E-state index contributed by atoms with van der Waals surface area (Å²) in [5.41, 5.74) is 2.34. The molecule has 1 rings (SSSR count). The van der Waals surface area contributed by atoms with Crippen molar-refractivity contribution in [3.05, 3.63) is 29.6 Å². The molecule has 0 aliphatic carbocycles. The van der Waals surface area contributed by atoms with Gasteiger partial charge in [0.2, 0.25) is 0 Å². The number of aryl methyl sites for hydroxylation is 1. The maximum atomic E-state index is 4.41. The van der Waals surface area contributed by atoms with Crippen molar-refractivity contribution in [3.63, 3.8) is 0 Å². The number of hydrogen-bond donors (Lipinski definition) is 1. The Hall–Kier alpha value is -0.930. The van der Waals surface area contributed by atoms with Gasteiger partial charge in [-0.15, -0.1) is 0 Å². The summed E-state index contributed by atoms with van der Waals surface area (Å²) < 4.78 is 0. The number of nitrogens with zero attached hydrogens (tertiary/aromatic N) is 2. The molecule has 0 amide bonds. The van der Waals surface area contributed by atoms with E-state index in [0.717, 1.165) is 25.3 Å². The molecule has 1 unspecified atom stereocenters. The predicted octanol–water partition coefficient (Wildman–Crippen LogP) is 2.99. The molecular formula is C16H29N3. The normalized spacial score (nSPS) is 12.9. The van der Waals surface area contributed by atoms with E-state index in [1.807, 2.05) is 6.20 Å². The zero-order valence-corrected chi connectivity index (χ0v) is 12.9. The molecule has 3 nitrogen and oxygen atoms in total. The van der Waals surface area contributed by atoms with E-state index in [4.69, 9.17) is 0 Å². The molecule has 1 heterocycles. The topological polar surface area (TPSA) is 28.2 Å². The van der Waals surface area contributed by atoms with Crippen LogP contribution in [0.2, 0.25) is 0 Å². The van der Waals surface area contributed by atoms with E-state index >= 15 is 0 Å². The van der Waals surface area contributed by atoms with Gasteiger partial charge in [-0.3, -0.25) is 4.98 Å². The minimum Gasteiger partial charge on any atom is -0.309 e. The lowest BCUT2D eigenvalue weighted by molar-refractivity contribution is 0.290. The van der Waals surface area contributed by atoms with E-state index in [1.54, 1.807) is 0 Å². The van der Waals surface area contributed by atoms with Crippen LogP contribution in [0.1, 0.15) is 44.9 Å². The third kappa shape index (κ3) is 6.69. The predicted molar refractivity (Wildman–Crippen MR) is 82.3 cm³/mol. The van der Waals surface area contributed by atoms with Crippen molar-refractivity contribution in [1.82, 2.24) is 15.2 Å². The highest BCUT2D eigenvalue weighted by Crippen LogP contribution is 2.02. The molecular weight excluding hydrogens is 234 g/mol.